The molecule has 13 heavy (non-hydrogen) atoms. The summed E-state index contributed by atoms with van der Waals surface area (Å²) in [7, 11) is 0. The first-order chi connectivity index (χ1) is 6.13. The van der Waals surface area contributed by atoms with Gasteiger partial charge in [-0.25, -0.2) is 0 Å². The van der Waals surface area contributed by atoms with Crippen molar-refractivity contribution >= 4 is 0 Å². The quantitative estimate of drug-likeness (QED) is 0.532. The third kappa shape index (κ3) is 3.23. The number of rotatable bonds is 3. The van der Waals surface area contributed by atoms with E-state index in [2.05, 4.69) is 11.8 Å². The number of piperidine rings is 1. The van der Waals surface area contributed by atoms with Crippen molar-refractivity contribution in [3.8, 4) is 0 Å². The fraction of sp³-hybridized carbons (Fsp3) is 1.00. The van der Waals surface area contributed by atoms with Gasteiger partial charge in [-0.2, -0.15) is 0 Å². The Labute approximate surface area is 79.3 Å². The van der Waals surface area contributed by atoms with Crippen LogP contribution in [0.5, 0.6) is 0 Å². The van der Waals surface area contributed by atoms with Crippen molar-refractivity contribution in [1.82, 2.24) is 4.90 Å². The maximum absolute atomic E-state index is 9.23. The topological polar surface area (TPSA) is 69.7 Å². The number of hydrogen-bond acceptors (Lipinski definition) is 4. The lowest BCUT2D eigenvalue weighted by atomic mass is 9.94. The van der Waals surface area contributed by atoms with Gasteiger partial charge < -0.3 is 15.9 Å². The van der Waals surface area contributed by atoms with Crippen LogP contribution in [0.2, 0.25) is 0 Å². The Bertz CT molecular complexity index is 153. The Balaban J connectivity index is 2.29. The molecule has 78 valence electrons. The molecule has 1 aliphatic heterocycles. The molecule has 0 amide bonds. The largest absolute Gasteiger partial charge is 0.394 e. The second-order valence-corrected chi connectivity index (χ2v) is 4.03. The second kappa shape index (κ2) is 4.91. The Morgan fingerprint density at radius 1 is 1.62 bits per heavy atom. The van der Waals surface area contributed by atoms with Gasteiger partial charge in [-0.1, -0.05) is 6.92 Å². The third-order valence-corrected chi connectivity index (χ3v) is 2.78. The highest BCUT2D eigenvalue weighted by Gasteiger charge is 2.23. The maximum atomic E-state index is 9.23. The van der Waals surface area contributed by atoms with Crippen LogP contribution in [0.3, 0.4) is 0 Å². The van der Waals surface area contributed by atoms with Crippen LogP contribution in [0.1, 0.15) is 13.3 Å². The molecule has 1 aliphatic rings. The minimum Gasteiger partial charge on any atom is -0.394 e. The van der Waals surface area contributed by atoms with E-state index in [9.17, 15) is 5.11 Å². The molecule has 0 bridgehead atoms. The molecule has 0 aromatic carbocycles. The van der Waals surface area contributed by atoms with Gasteiger partial charge in [-0.3, -0.25) is 4.90 Å². The average molecular weight is 188 g/mol. The van der Waals surface area contributed by atoms with Gasteiger partial charge in [0.1, 0.15) is 0 Å². The minimum atomic E-state index is -0.624. The molecule has 3 unspecified atom stereocenters. The fourth-order valence-corrected chi connectivity index (χ4v) is 1.69. The summed E-state index contributed by atoms with van der Waals surface area (Å²) < 4.78 is 0. The smallest absolute Gasteiger partial charge is 0.0897 e. The number of β-amino-alcohol motifs (C(OH)–C–C–N with tert-alkyl or cyclic N) is 1. The molecule has 0 aliphatic carbocycles. The first kappa shape index (κ1) is 10.9. The van der Waals surface area contributed by atoms with Gasteiger partial charge in [0.15, 0.2) is 0 Å². The van der Waals surface area contributed by atoms with Crippen molar-refractivity contribution in [1.29, 1.82) is 0 Å². The summed E-state index contributed by atoms with van der Waals surface area (Å²) in [4.78, 5) is 2.12. The Morgan fingerprint density at radius 3 is 2.85 bits per heavy atom. The number of likely N-dealkylation sites (tertiary alicyclic amines) is 1. The lowest BCUT2D eigenvalue weighted by molar-refractivity contribution is 0.0445. The van der Waals surface area contributed by atoms with E-state index in [0.29, 0.717) is 12.5 Å². The van der Waals surface area contributed by atoms with Crippen LogP contribution in [-0.2, 0) is 0 Å². The predicted molar refractivity (Wildman–Crippen MR) is 51.3 cm³/mol. The SMILES string of the molecule is CC1CCN(CC(O)CO)CC1N. The zero-order valence-corrected chi connectivity index (χ0v) is 8.19. The van der Waals surface area contributed by atoms with Gasteiger partial charge in [-0.15, -0.1) is 0 Å². The fourth-order valence-electron chi connectivity index (χ4n) is 1.69. The van der Waals surface area contributed by atoms with Crippen molar-refractivity contribution in [2.75, 3.05) is 26.2 Å². The summed E-state index contributed by atoms with van der Waals surface area (Å²) >= 11 is 0. The van der Waals surface area contributed by atoms with Crippen molar-refractivity contribution in [3.05, 3.63) is 0 Å². The average Bonchev–Trinajstić information content (AvgIpc) is 2.11. The molecule has 3 atom stereocenters. The van der Waals surface area contributed by atoms with Gasteiger partial charge in [0.05, 0.1) is 12.7 Å². The number of nitrogens with two attached hydrogens (primary N) is 1. The Morgan fingerprint density at radius 2 is 2.31 bits per heavy atom. The zero-order valence-electron chi connectivity index (χ0n) is 8.19. The van der Waals surface area contributed by atoms with Crippen LogP contribution in [0.25, 0.3) is 0 Å². The van der Waals surface area contributed by atoms with Crippen LogP contribution < -0.4 is 5.73 Å². The molecule has 1 fully saturated rings. The van der Waals surface area contributed by atoms with E-state index in [0.717, 1.165) is 19.5 Å². The number of aliphatic hydroxyl groups is 2. The van der Waals surface area contributed by atoms with Gasteiger partial charge in [-0.05, 0) is 18.9 Å². The molecule has 4 heteroatoms. The molecule has 1 heterocycles. The molecule has 4 nitrogen and oxygen atoms in total. The summed E-state index contributed by atoms with van der Waals surface area (Å²) in [5.74, 6) is 0.572. The summed E-state index contributed by atoms with van der Waals surface area (Å²) in [6.07, 6.45) is 0.458. The zero-order chi connectivity index (χ0) is 9.84. The third-order valence-electron chi connectivity index (χ3n) is 2.78. The predicted octanol–water partition coefficient (Wildman–Crippen LogP) is -0.991. The van der Waals surface area contributed by atoms with Crippen LogP contribution >= 0.6 is 0 Å². The lowest BCUT2D eigenvalue weighted by Gasteiger charge is -2.35. The molecular formula is C9H20N2O2. The summed E-state index contributed by atoms with van der Waals surface area (Å²) in [6, 6.07) is 0.208. The first-order valence-electron chi connectivity index (χ1n) is 4.90. The lowest BCUT2D eigenvalue weighted by Crippen LogP contribution is -2.49. The van der Waals surface area contributed by atoms with Crippen molar-refractivity contribution in [3.63, 3.8) is 0 Å². The van der Waals surface area contributed by atoms with E-state index in [1.165, 1.54) is 0 Å². The summed E-state index contributed by atoms with van der Waals surface area (Å²) in [6.45, 7) is 4.34. The number of hydrogen-bond donors (Lipinski definition) is 3. The first-order valence-corrected chi connectivity index (χ1v) is 4.90. The molecule has 1 saturated heterocycles. The van der Waals surface area contributed by atoms with E-state index in [-0.39, 0.29) is 12.6 Å². The molecule has 0 radical (unpaired) electrons. The Hall–Kier alpha value is -0.160. The van der Waals surface area contributed by atoms with Gasteiger partial charge >= 0.3 is 0 Å². The van der Waals surface area contributed by atoms with E-state index in [1.54, 1.807) is 0 Å². The monoisotopic (exact) mass is 188 g/mol. The number of aliphatic hydroxyl groups excluding tert-OH is 2. The highest BCUT2D eigenvalue weighted by atomic mass is 16.3. The molecule has 4 N–H and O–H groups in total. The summed E-state index contributed by atoms with van der Waals surface area (Å²) in [5, 5.41) is 17.9. The standard InChI is InChI=1S/C9H20N2O2/c1-7-2-3-11(5-9(7)10)4-8(13)6-12/h7-9,12-13H,2-6,10H2,1H3. The normalized spacial score (nSPS) is 33.2. The summed E-state index contributed by atoms with van der Waals surface area (Å²) in [5.41, 5.74) is 5.90. The van der Waals surface area contributed by atoms with Crippen molar-refractivity contribution < 1.29 is 10.2 Å². The van der Waals surface area contributed by atoms with Gasteiger partial charge in [0.25, 0.3) is 0 Å². The van der Waals surface area contributed by atoms with Crippen LogP contribution in [0.4, 0.5) is 0 Å². The van der Waals surface area contributed by atoms with Crippen LogP contribution in [-0.4, -0.2) is 53.5 Å². The number of nitrogens with zero attached hydrogens (tertiary/aromatic N) is 1. The molecule has 1 rings (SSSR count). The van der Waals surface area contributed by atoms with Crippen molar-refractivity contribution in [2.24, 2.45) is 11.7 Å². The van der Waals surface area contributed by atoms with E-state index >= 15 is 0 Å². The van der Waals surface area contributed by atoms with Crippen molar-refractivity contribution in [2.45, 2.75) is 25.5 Å². The highest BCUT2D eigenvalue weighted by molar-refractivity contribution is 4.81. The second-order valence-electron chi connectivity index (χ2n) is 4.03. The Kier molecular flexibility index (Phi) is 4.12. The molecule has 0 saturated carbocycles. The maximum Gasteiger partial charge on any atom is 0.0897 e. The van der Waals surface area contributed by atoms with E-state index in [4.69, 9.17) is 10.8 Å². The highest BCUT2D eigenvalue weighted by Crippen LogP contribution is 2.15. The minimum absolute atomic E-state index is 0.165. The molecule has 0 aromatic heterocycles. The molecular weight excluding hydrogens is 168 g/mol. The van der Waals surface area contributed by atoms with Gasteiger partial charge in [0.2, 0.25) is 0 Å². The van der Waals surface area contributed by atoms with E-state index < -0.39 is 6.10 Å². The van der Waals surface area contributed by atoms with Gasteiger partial charge in [0, 0.05) is 19.1 Å². The molecule has 0 spiro atoms. The van der Waals surface area contributed by atoms with Crippen LogP contribution in [0, 0.1) is 5.92 Å². The molecule has 0 aromatic rings. The van der Waals surface area contributed by atoms with Crippen LogP contribution in [0.15, 0.2) is 0 Å². The van der Waals surface area contributed by atoms with E-state index in [1.807, 2.05) is 0 Å².